The second-order valence-electron chi connectivity index (χ2n) is 6.02. The van der Waals surface area contributed by atoms with Crippen molar-refractivity contribution in [1.82, 2.24) is 4.90 Å². The molecule has 0 saturated carbocycles. The molecule has 1 atom stereocenters. The molecule has 0 spiro atoms. The summed E-state index contributed by atoms with van der Waals surface area (Å²) < 4.78 is 13.3. The fourth-order valence-corrected chi connectivity index (χ4v) is 2.11. The molecule has 0 aromatic heterocycles. The first kappa shape index (κ1) is 15.1. The lowest BCUT2D eigenvalue weighted by Gasteiger charge is -2.28. The fraction of sp³-hybridized carbons (Fsp3) is 0.600. The molecule has 1 rings (SSSR count). The molecule has 0 radical (unpaired) electrons. The zero-order valence-corrected chi connectivity index (χ0v) is 12.1. The SMILES string of the molecule is Cc1cc(C(CCC(C)(C)N)N(C)C)ccc1F. The lowest BCUT2D eigenvalue weighted by atomic mass is 9.92. The van der Waals surface area contributed by atoms with E-state index in [0.717, 1.165) is 18.4 Å². The monoisotopic (exact) mass is 252 g/mol. The van der Waals surface area contributed by atoms with Crippen molar-refractivity contribution in [2.45, 2.75) is 45.2 Å². The molecule has 2 N–H and O–H groups in total. The van der Waals surface area contributed by atoms with Gasteiger partial charge in [0, 0.05) is 11.6 Å². The van der Waals surface area contributed by atoms with E-state index in [-0.39, 0.29) is 17.4 Å². The van der Waals surface area contributed by atoms with Crippen molar-refractivity contribution >= 4 is 0 Å². The summed E-state index contributed by atoms with van der Waals surface area (Å²) in [6.07, 6.45) is 1.91. The first-order valence-corrected chi connectivity index (χ1v) is 6.42. The Hall–Kier alpha value is -0.930. The highest BCUT2D eigenvalue weighted by Gasteiger charge is 2.19. The van der Waals surface area contributed by atoms with Gasteiger partial charge in [-0.2, -0.15) is 0 Å². The van der Waals surface area contributed by atoms with E-state index < -0.39 is 0 Å². The Morgan fingerprint density at radius 2 is 1.94 bits per heavy atom. The van der Waals surface area contributed by atoms with Crippen LogP contribution in [0.1, 0.15) is 43.9 Å². The minimum Gasteiger partial charge on any atom is -0.326 e. The minimum absolute atomic E-state index is 0.143. The van der Waals surface area contributed by atoms with Crippen LogP contribution in [0.2, 0.25) is 0 Å². The van der Waals surface area contributed by atoms with Crippen molar-refractivity contribution in [3.8, 4) is 0 Å². The molecule has 102 valence electrons. The summed E-state index contributed by atoms with van der Waals surface area (Å²) >= 11 is 0. The number of hydrogen-bond acceptors (Lipinski definition) is 2. The van der Waals surface area contributed by atoms with Gasteiger partial charge in [-0.25, -0.2) is 4.39 Å². The largest absolute Gasteiger partial charge is 0.326 e. The van der Waals surface area contributed by atoms with E-state index in [2.05, 4.69) is 4.90 Å². The molecule has 0 heterocycles. The third-order valence-electron chi connectivity index (χ3n) is 3.25. The van der Waals surface area contributed by atoms with Gasteiger partial charge in [-0.1, -0.05) is 12.1 Å². The second-order valence-corrected chi connectivity index (χ2v) is 6.02. The molecule has 0 bridgehead atoms. The summed E-state index contributed by atoms with van der Waals surface area (Å²) in [6.45, 7) is 5.88. The summed E-state index contributed by atoms with van der Waals surface area (Å²) in [5, 5.41) is 0. The third kappa shape index (κ3) is 4.39. The Kier molecular flexibility index (Phi) is 4.88. The highest BCUT2D eigenvalue weighted by atomic mass is 19.1. The van der Waals surface area contributed by atoms with Gasteiger partial charge in [-0.05, 0) is 64.9 Å². The predicted octanol–water partition coefficient (Wildman–Crippen LogP) is 3.25. The van der Waals surface area contributed by atoms with Crippen molar-refractivity contribution in [2.75, 3.05) is 14.1 Å². The summed E-state index contributed by atoms with van der Waals surface area (Å²) in [4.78, 5) is 2.17. The molecule has 0 saturated heterocycles. The summed E-state index contributed by atoms with van der Waals surface area (Å²) in [7, 11) is 4.10. The summed E-state index contributed by atoms with van der Waals surface area (Å²) in [6, 6.07) is 5.64. The predicted molar refractivity (Wildman–Crippen MR) is 75.1 cm³/mol. The Bertz CT molecular complexity index is 394. The van der Waals surface area contributed by atoms with E-state index in [0.29, 0.717) is 5.56 Å². The van der Waals surface area contributed by atoms with Gasteiger partial charge >= 0.3 is 0 Å². The van der Waals surface area contributed by atoms with E-state index in [1.807, 2.05) is 40.1 Å². The van der Waals surface area contributed by atoms with E-state index in [1.165, 1.54) is 0 Å². The molecule has 18 heavy (non-hydrogen) atoms. The zero-order chi connectivity index (χ0) is 13.9. The molecule has 0 aliphatic heterocycles. The Morgan fingerprint density at radius 1 is 1.33 bits per heavy atom. The standard InChI is InChI=1S/C15H25FN2/c1-11-10-12(6-7-13(11)16)14(18(4)5)8-9-15(2,3)17/h6-7,10,14H,8-9,17H2,1-5H3. The van der Waals surface area contributed by atoms with Crippen molar-refractivity contribution in [3.05, 3.63) is 35.1 Å². The number of hydrogen-bond donors (Lipinski definition) is 1. The van der Waals surface area contributed by atoms with Gasteiger partial charge in [0.05, 0.1) is 0 Å². The maximum absolute atomic E-state index is 13.3. The molecule has 0 fully saturated rings. The zero-order valence-electron chi connectivity index (χ0n) is 12.1. The van der Waals surface area contributed by atoms with Crippen molar-refractivity contribution in [3.63, 3.8) is 0 Å². The molecule has 1 unspecified atom stereocenters. The minimum atomic E-state index is -0.163. The fourth-order valence-electron chi connectivity index (χ4n) is 2.11. The molecule has 0 aliphatic carbocycles. The molecule has 0 amide bonds. The van der Waals surface area contributed by atoms with Gasteiger partial charge in [0.15, 0.2) is 0 Å². The average molecular weight is 252 g/mol. The topological polar surface area (TPSA) is 29.3 Å². The summed E-state index contributed by atoms with van der Waals surface area (Å²) in [5.41, 5.74) is 7.73. The van der Waals surface area contributed by atoms with Crippen molar-refractivity contribution < 1.29 is 4.39 Å². The van der Waals surface area contributed by atoms with Crippen molar-refractivity contribution in [1.29, 1.82) is 0 Å². The number of aryl methyl sites for hydroxylation is 1. The van der Waals surface area contributed by atoms with Gasteiger partial charge in [0.1, 0.15) is 5.82 Å². The number of benzene rings is 1. The molecular weight excluding hydrogens is 227 g/mol. The van der Waals surface area contributed by atoms with Gasteiger partial charge in [0.2, 0.25) is 0 Å². The molecule has 2 nitrogen and oxygen atoms in total. The van der Waals surface area contributed by atoms with E-state index >= 15 is 0 Å². The Morgan fingerprint density at radius 3 is 2.39 bits per heavy atom. The van der Waals surface area contributed by atoms with Crippen LogP contribution in [0.15, 0.2) is 18.2 Å². The first-order chi connectivity index (χ1) is 8.20. The third-order valence-corrected chi connectivity index (χ3v) is 3.25. The molecule has 1 aromatic rings. The van der Waals surface area contributed by atoms with Crippen LogP contribution in [0, 0.1) is 12.7 Å². The lowest BCUT2D eigenvalue weighted by molar-refractivity contribution is 0.261. The van der Waals surface area contributed by atoms with Crippen molar-refractivity contribution in [2.24, 2.45) is 5.73 Å². The molecule has 0 aliphatic rings. The van der Waals surface area contributed by atoms with Crippen LogP contribution < -0.4 is 5.73 Å². The van der Waals surface area contributed by atoms with Crippen LogP contribution in [-0.2, 0) is 0 Å². The van der Waals surface area contributed by atoms with Gasteiger partial charge in [-0.3, -0.25) is 0 Å². The molecular formula is C15H25FN2. The highest BCUT2D eigenvalue weighted by molar-refractivity contribution is 5.26. The van der Waals surface area contributed by atoms with Crippen LogP contribution in [0.3, 0.4) is 0 Å². The number of rotatable bonds is 5. The van der Waals surface area contributed by atoms with E-state index in [1.54, 1.807) is 13.0 Å². The quantitative estimate of drug-likeness (QED) is 0.871. The Balaban J connectivity index is 2.87. The number of nitrogens with zero attached hydrogens (tertiary/aromatic N) is 1. The normalized spacial score (nSPS) is 14.0. The smallest absolute Gasteiger partial charge is 0.126 e. The highest BCUT2D eigenvalue weighted by Crippen LogP contribution is 2.27. The maximum atomic E-state index is 13.3. The van der Waals surface area contributed by atoms with E-state index in [4.69, 9.17) is 5.73 Å². The average Bonchev–Trinajstić information content (AvgIpc) is 2.21. The van der Waals surface area contributed by atoms with Crippen LogP contribution in [0.4, 0.5) is 4.39 Å². The van der Waals surface area contributed by atoms with Crippen LogP contribution in [0.5, 0.6) is 0 Å². The molecule has 1 aromatic carbocycles. The van der Waals surface area contributed by atoms with E-state index in [9.17, 15) is 4.39 Å². The summed E-state index contributed by atoms with van der Waals surface area (Å²) in [5.74, 6) is -0.143. The molecule has 3 heteroatoms. The second kappa shape index (κ2) is 5.81. The van der Waals surface area contributed by atoms with Crippen LogP contribution >= 0.6 is 0 Å². The van der Waals surface area contributed by atoms with Crippen LogP contribution in [0.25, 0.3) is 0 Å². The van der Waals surface area contributed by atoms with Crippen LogP contribution in [-0.4, -0.2) is 24.5 Å². The number of nitrogens with two attached hydrogens (primary N) is 1. The van der Waals surface area contributed by atoms with Gasteiger partial charge in [0.25, 0.3) is 0 Å². The first-order valence-electron chi connectivity index (χ1n) is 6.42. The lowest BCUT2D eigenvalue weighted by Crippen LogP contribution is -2.33. The van der Waals surface area contributed by atoms with Gasteiger partial charge in [-0.15, -0.1) is 0 Å². The van der Waals surface area contributed by atoms with Gasteiger partial charge < -0.3 is 10.6 Å². The maximum Gasteiger partial charge on any atom is 0.126 e. The number of halogens is 1. The Labute approximate surface area is 110 Å².